The average Bonchev–Trinajstić information content (AvgIpc) is 2.56. The van der Waals surface area contributed by atoms with Crippen LogP contribution in [0.1, 0.15) is 25.7 Å². The predicted octanol–water partition coefficient (Wildman–Crippen LogP) is 2.30. The molecule has 0 radical (unpaired) electrons. The molecule has 1 N–H and O–H groups in total. The third-order valence-electron chi connectivity index (χ3n) is 3.62. The van der Waals surface area contributed by atoms with Gasteiger partial charge in [-0.25, -0.2) is 0 Å². The Hall–Kier alpha value is -1.02. The van der Waals surface area contributed by atoms with Gasteiger partial charge in [0.15, 0.2) is 0 Å². The maximum absolute atomic E-state index is 6.16. The monoisotopic (exact) mass is 203 g/mol. The van der Waals surface area contributed by atoms with Gasteiger partial charge in [-0.3, -0.25) is 0 Å². The van der Waals surface area contributed by atoms with Crippen molar-refractivity contribution in [1.29, 1.82) is 0 Å². The number of piperidine rings is 1. The molecule has 2 heterocycles. The van der Waals surface area contributed by atoms with Gasteiger partial charge in [0.2, 0.25) is 0 Å². The van der Waals surface area contributed by atoms with E-state index in [0.29, 0.717) is 0 Å². The lowest BCUT2D eigenvalue weighted by Crippen LogP contribution is -2.41. The summed E-state index contributed by atoms with van der Waals surface area (Å²) < 4.78 is 6.16. The van der Waals surface area contributed by atoms with Crippen LogP contribution in [-0.4, -0.2) is 18.7 Å². The van der Waals surface area contributed by atoms with Crippen molar-refractivity contribution in [3.63, 3.8) is 0 Å². The third kappa shape index (κ3) is 1.53. The van der Waals surface area contributed by atoms with Crippen LogP contribution in [-0.2, 0) is 4.74 Å². The van der Waals surface area contributed by atoms with Crippen LogP contribution in [0.25, 0.3) is 0 Å². The first-order valence-corrected chi connectivity index (χ1v) is 5.76. The van der Waals surface area contributed by atoms with E-state index >= 15 is 0 Å². The molecule has 3 rings (SSSR count). The maximum Gasteiger partial charge on any atom is 0.123 e. The fourth-order valence-corrected chi connectivity index (χ4v) is 2.72. The van der Waals surface area contributed by atoms with Crippen molar-refractivity contribution in [1.82, 2.24) is 5.32 Å². The van der Waals surface area contributed by atoms with E-state index < -0.39 is 0 Å². The van der Waals surface area contributed by atoms with E-state index in [1.807, 2.05) is 0 Å². The van der Waals surface area contributed by atoms with Crippen LogP contribution in [0.4, 0.5) is 0 Å². The fraction of sp³-hybridized carbons (Fsp3) is 0.538. The van der Waals surface area contributed by atoms with Crippen LogP contribution in [0.5, 0.6) is 0 Å². The van der Waals surface area contributed by atoms with Crippen molar-refractivity contribution in [3.8, 4) is 0 Å². The van der Waals surface area contributed by atoms with Crippen molar-refractivity contribution < 1.29 is 4.74 Å². The second-order valence-electron chi connectivity index (χ2n) is 4.81. The number of fused-ring (bicyclic) bond motifs is 1. The molecule has 0 aromatic carbocycles. The maximum atomic E-state index is 6.16. The summed E-state index contributed by atoms with van der Waals surface area (Å²) >= 11 is 0. The molecule has 2 aliphatic heterocycles. The van der Waals surface area contributed by atoms with Crippen molar-refractivity contribution in [2.45, 2.75) is 31.3 Å². The van der Waals surface area contributed by atoms with Crippen molar-refractivity contribution in [2.24, 2.45) is 0 Å². The molecule has 2 nitrogen and oxygen atoms in total. The summed E-state index contributed by atoms with van der Waals surface area (Å²) in [6.45, 7) is 6.16. The normalized spacial score (nSPS) is 28.1. The van der Waals surface area contributed by atoms with Gasteiger partial charge in [0, 0.05) is 6.42 Å². The summed E-state index contributed by atoms with van der Waals surface area (Å²) in [4.78, 5) is 0. The predicted molar refractivity (Wildman–Crippen MR) is 60.5 cm³/mol. The number of nitrogens with one attached hydrogen (secondary N) is 1. The highest BCUT2D eigenvalue weighted by atomic mass is 16.5. The molecular weight excluding hydrogens is 186 g/mol. The van der Waals surface area contributed by atoms with E-state index in [2.05, 4.69) is 24.0 Å². The molecule has 15 heavy (non-hydrogen) atoms. The SMILES string of the molecule is C=C1C=C2OC3(CCNCC3)CC2=CC1. The molecule has 0 unspecified atom stereocenters. The van der Waals surface area contributed by atoms with E-state index in [1.54, 1.807) is 0 Å². The third-order valence-corrected chi connectivity index (χ3v) is 3.62. The van der Waals surface area contributed by atoms with Gasteiger partial charge in [-0.05, 0) is 49.6 Å². The molecule has 2 fully saturated rings. The number of rotatable bonds is 0. The first-order chi connectivity index (χ1) is 7.27. The van der Waals surface area contributed by atoms with Gasteiger partial charge in [0.05, 0.1) is 0 Å². The lowest BCUT2D eigenvalue weighted by molar-refractivity contribution is 0.0118. The molecule has 0 amide bonds. The molecule has 0 aromatic rings. The van der Waals surface area contributed by atoms with Gasteiger partial charge >= 0.3 is 0 Å². The minimum absolute atomic E-state index is 0.105. The van der Waals surface area contributed by atoms with Crippen molar-refractivity contribution in [2.75, 3.05) is 13.1 Å². The molecule has 2 heteroatoms. The summed E-state index contributed by atoms with van der Waals surface area (Å²) in [6, 6.07) is 0. The van der Waals surface area contributed by atoms with Gasteiger partial charge in [-0.2, -0.15) is 0 Å². The molecule has 80 valence electrons. The highest BCUT2D eigenvalue weighted by Crippen LogP contribution is 2.44. The minimum Gasteiger partial charge on any atom is -0.487 e. The quantitative estimate of drug-likeness (QED) is 0.652. The summed E-state index contributed by atoms with van der Waals surface area (Å²) in [5.74, 6) is 1.09. The zero-order valence-electron chi connectivity index (χ0n) is 9.01. The second kappa shape index (κ2) is 3.24. The Morgan fingerprint density at radius 3 is 2.93 bits per heavy atom. The highest BCUT2D eigenvalue weighted by molar-refractivity contribution is 5.42. The van der Waals surface area contributed by atoms with E-state index in [0.717, 1.165) is 44.5 Å². The Labute approximate surface area is 90.7 Å². The van der Waals surface area contributed by atoms with Crippen molar-refractivity contribution in [3.05, 3.63) is 35.6 Å². The zero-order chi connectivity index (χ0) is 10.3. The Balaban J connectivity index is 1.87. The van der Waals surface area contributed by atoms with E-state index in [9.17, 15) is 0 Å². The Morgan fingerprint density at radius 1 is 1.33 bits per heavy atom. The van der Waals surface area contributed by atoms with Gasteiger partial charge in [0.25, 0.3) is 0 Å². The second-order valence-corrected chi connectivity index (χ2v) is 4.81. The highest BCUT2D eigenvalue weighted by Gasteiger charge is 2.42. The van der Waals surface area contributed by atoms with E-state index in [4.69, 9.17) is 4.74 Å². The summed E-state index contributed by atoms with van der Waals surface area (Å²) in [5, 5.41) is 3.39. The number of hydrogen-bond acceptors (Lipinski definition) is 2. The molecular formula is C13H17NO. The van der Waals surface area contributed by atoms with Gasteiger partial charge < -0.3 is 10.1 Å². The molecule has 2 saturated heterocycles. The largest absolute Gasteiger partial charge is 0.487 e. The smallest absolute Gasteiger partial charge is 0.123 e. The van der Waals surface area contributed by atoms with Gasteiger partial charge in [-0.1, -0.05) is 12.7 Å². The molecule has 0 aromatic heterocycles. The van der Waals surface area contributed by atoms with Crippen LogP contribution in [0.2, 0.25) is 0 Å². The van der Waals surface area contributed by atoms with E-state index in [-0.39, 0.29) is 5.60 Å². The lowest BCUT2D eigenvalue weighted by Gasteiger charge is -2.32. The summed E-state index contributed by atoms with van der Waals surface area (Å²) in [7, 11) is 0. The van der Waals surface area contributed by atoms with Crippen LogP contribution in [0, 0.1) is 0 Å². The molecule has 0 saturated carbocycles. The summed E-state index contributed by atoms with van der Waals surface area (Å²) in [6.07, 6.45) is 8.77. The molecule has 3 aliphatic rings. The fourth-order valence-electron chi connectivity index (χ4n) is 2.72. The van der Waals surface area contributed by atoms with Crippen LogP contribution in [0.3, 0.4) is 0 Å². The first-order valence-electron chi connectivity index (χ1n) is 5.76. The topological polar surface area (TPSA) is 21.3 Å². The zero-order valence-corrected chi connectivity index (χ0v) is 9.01. The van der Waals surface area contributed by atoms with Crippen LogP contribution >= 0.6 is 0 Å². The van der Waals surface area contributed by atoms with Gasteiger partial charge in [-0.15, -0.1) is 0 Å². The summed E-state index contributed by atoms with van der Waals surface area (Å²) in [5.41, 5.74) is 2.68. The number of allylic oxidation sites excluding steroid dienone is 4. The molecule has 0 atom stereocenters. The Kier molecular flexibility index (Phi) is 1.99. The number of ether oxygens (including phenoxy) is 1. The average molecular weight is 203 g/mol. The van der Waals surface area contributed by atoms with E-state index in [1.165, 1.54) is 11.1 Å². The molecule has 1 aliphatic carbocycles. The minimum atomic E-state index is 0.105. The van der Waals surface area contributed by atoms with Gasteiger partial charge in [0.1, 0.15) is 11.4 Å². The van der Waals surface area contributed by atoms with Crippen molar-refractivity contribution >= 4 is 0 Å². The number of hydrogen-bond donors (Lipinski definition) is 1. The first kappa shape index (κ1) is 9.22. The lowest BCUT2D eigenvalue weighted by atomic mass is 9.87. The molecule has 0 bridgehead atoms. The molecule has 1 spiro atoms. The Bertz CT molecular complexity index is 359. The van der Waals surface area contributed by atoms with Crippen LogP contribution in [0.15, 0.2) is 35.6 Å². The van der Waals surface area contributed by atoms with Crippen LogP contribution < -0.4 is 5.32 Å². The Morgan fingerprint density at radius 2 is 2.13 bits per heavy atom. The standard InChI is InChI=1S/C13H17NO/c1-10-2-3-11-9-13(15-12(11)8-10)4-6-14-7-5-13/h3,8,14H,1-2,4-7,9H2.